The van der Waals surface area contributed by atoms with Crippen LogP contribution in [0.3, 0.4) is 0 Å². The van der Waals surface area contributed by atoms with E-state index in [9.17, 15) is 0 Å². The van der Waals surface area contributed by atoms with Crippen molar-refractivity contribution in [2.45, 2.75) is 32.4 Å². The van der Waals surface area contributed by atoms with E-state index in [1.807, 2.05) is 42.7 Å². The summed E-state index contributed by atoms with van der Waals surface area (Å²) in [6.45, 7) is 2.46. The second kappa shape index (κ2) is 6.85. The maximum Gasteiger partial charge on any atom is 0.166 e. The fraction of sp³-hybridized carbons (Fsp3) is 0.333. The third-order valence-electron chi connectivity index (χ3n) is 2.89. The van der Waals surface area contributed by atoms with E-state index >= 15 is 0 Å². The number of nitrogens with two attached hydrogens (primary N) is 1. The van der Waals surface area contributed by atoms with Crippen molar-refractivity contribution in [3.05, 3.63) is 54.1 Å². The lowest BCUT2D eigenvalue weighted by atomic mass is 10.1. The van der Waals surface area contributed by atoms with E-state index in [0.717, 1.165) is 24.2 Å². The fourth-order valence-corrected chi connectivity index (χ4v) is 1.67. The minimum Gasteiger partial charge on any atom is -0.486 e. The summed E-state index contributed by atoms with van der Waals surface area (Å²) in [6.07, 6.45) is 5.42. The highest BCUT2D eigenvalue weighted by Crippen LogP contribution is 2.10. The molecule has 0 amide bonds. The molecule has 1 aromatic carbocycles. The zero-order valence-corrected chi connectivity index (χ0v) is 11.1. The van der Waals surface area contributed by atoms with E-state index in [-0.39, 0.29) is 6.04 Å². The molecule has 0 saturated carbocycles. The molecule has 2 N–H and O–H groups in total. The molecule has 1 aromatic heterocycles. The van der Waals surface area contributed by atoms with Crippen LogP contribution in [0, 0.1) is 0 Å². The number of aromatic nitrogens is 2. The van der Waals surface area contributed by atoms with Crippen LogP contribution in [0.15, 0.2) is 42.7 Å². The van der Waals surface area contributed by atoms with Crippen LogP contribution in [0.5, 0.6) is 5.75 Å². The summed E-state index contributed by atoms with van der Waals surface area (Å²) in [7, 11) is 0. The molecule has 0 aliphatic rings. The average Bonchev–Trinajstić information content (AvgIpc) is 2.47. The smallest absolute Gasteiger partial charge is 0.166 e. The Kier molecular flexibility index (Phi) is 4.86. The van der Waals surface area contributed by atoms with Gasteiger partial charge in [0.25, 0.3) is 0 Å². The van der Waals surface area contributed by atoms with Crippen LogP contribution < -0.4 is 10.5 Å². The summed E-state index contributed by atoms with van der Waals surface area (Å²) in [5.74, 6) is 1.50. The molecule has 0 bridgehead atoms. The number of para-hydroxylation sites is 1. The minimum absolute atomic E-state index is 0.176. The molecule has 2 rings (SSSR count). The van der Waals surface area contributed by atoms with E-state index in [0.29, 0.717) is 12.4 Å². The highest BCUT2D eigenvalue weighted by atomic mass is 16.5. The molecule has 4 heteroatoms. The first-order valence-corrected chi connectivity index (χ1v) is 6.51. The molecule has 0 saturated heterocycles. The maximum atomic E-state index is 5.90. The van der Waals surface area contributed by atoms with Gasteiger partial charge in [-0.1, -0.05) is 25.1 Å². The van der Waals surface area contributed by atoms with Crippen molar-refractivity contribution in [3.8, 4) is 5.75 Å². The summed E-state index contributed by atoms with van der Waals surface area (Å²) < 4.78 is 5.58. The zero-order valence-electron chi connectivity index (χ0n) is 11.1. The van der Waals surface area contributed by atoms with Crippen molar-refractivity contribution in [1.82, 2.24) is 9.97 Å². The van der Waals surface area contributed by atoms with Gasteiger partial charge in [0, 0.05) is 18.4 Å². The molecule has 1 atom stereocenters. The Hall–Kier alpha value is -1.94. The predicted octanol–water partition coefficient (Wildman–Crippen LogP) is 2.34. The number of hydrogen-bond acceptors (Lipinski definition) is 4. The fourth-order valence-electron chi connectivity index (χ4n) is 1.67. The van der Waals surface area contributed by atoms with Gasteiger partial charge in [0.2, 0.25) is 0 Å². The first kappa shape index (κ1) is 13.5. The van der Waals surface area contributed by atoms with Crippen molar-refractivity contribution in [2.24, 2.45) is 5.73 Å². The molecule has 19 heavy (non-hydrogen) atoms. The van der Waals surface area contributed by atoms with E-state index in [1.165, 1.54) is 0 Å². The van der Waals surface area contributed by atoms with E-state index in [2.05, 4.69) is 16.9 Å². The molecule has 0 radical (unpaired) electrons. The average molecular weight is 257 g/mol. The van der Waals surface area contributed by atoms with Crippen molar-refractivity contribution >= 4 is 0 Å². The monoisotopic (exact) mass is 257 g/mol. The molecular formula is C15H19N3O. The van der Waals surface area contributed by atoms with Gasteiger partial charge in [-0.15, -0.1) is 0 Å². The Morgan fingerprint density at radius 3 is 2.47 bits per heavy atom. The van der Waals surface area contributed by atoms with Crippen LogP contribution in [0.25, 0.3) is 0 Å². The quantitative estimate of drug-likeness (QED) is 0.862. The molecule has 2 aromatic rings. The maximum absolute atomic E-state index is 5.90. The van der Waals surface area contributed by atoms with Crippen LogP contribution >= 0.6 is 0 Å². The normalized spacial score (nSPS) is 12.1. The van der Waals surface area contributed by atoms with Crippen LogP contribution in [0.4, 0.5) is 0 Å². The lowest BCUT2D eigenvalue weighted by Crippen LogP contribution is -2.21. The molecule has 1 unspecified atom stereocenters. The Bertz CT molecular complexity index is 485. The molecule has 4 nitrogen and oxygen atoms in total. The first-order chi connectivity index (χ1) is 9.28. The van der Waals surface area contributed by atoms with Crippen LogP contribution in [0.1, 0.15) is 24.7 Å². The van der Waals surface area contributed by atoms with Crippen molar-refractivity contribution in [2.75, 3.05) is 0 Å². The first-order valence-electron chi connectivity index (χ1n) is 6.51. The third kappa shape index (κ3) is 4.34. The van der Waals surface area contributed by atoms with Gasteiger partial charge in [0.15, 0.2) is 5.82 Å². The Balaban J connectivity index is 1.88. The molecule has 1 heterocycles. The Morgan fingerprint density at radius 1 is 1.16 bits per heavy atom. The van der Waals surface area contributed by atoms with Gasteiger partial charge in [0.05, 0.1) is 0 Å². The molecule has 0 aliphatic heterocycles. The predicted molar refractivity (Wildman–Crippen MR) is 74.8 cm³/mol. The summed E-state index contributed by atoms with van der Waals surface area (Å²) in [6, 6.07) is 9.82. The van der Waals surface area contributed by atoms with Crippen LogP contribution in [-0.4, -0.2) is 16.0 Å². The second-order valence-corrected chi connectivity index (χ2v) is 4.48. The highest BCUT2D eigenvalue weighted by molar-refractivity contribution is 5.21. The molecule has 0 aliphatic carbocycles. The number of ether oxygens (including phenoxy) is 1. The van der Waals surface area contributed by atoms with Gasteiger partial charge in [-0.05, 0) is 30.5 Å². The van der Waals surface area contributed by atoms with E-state index in [4.69, 9.17) is 10.5 Å². The summed E-state index contributed by atoms with van der Waals surface area (Å²) in [4.78, 5) is 8.58. The lowest BCUT2D eigenvalue weighted by molar-refractivity contribution is 0.295. The van der Waals surface area contributed by atoms with Crippen molar-refractivity contribution < 1.29 is 4.74 Å². The lowest BCUT2D eigenvalue weighted by Gasteiger charge is -2.08. The summed E-state index contributed by atoms with van der Waals surface area (Å²) in [5.41, 5.74) is 6.96. The standard InChI is InChI=1S/C15H19N3O/c1-2-13(16)8-12-9-17-15(18-10-12)11-19-14-6-4-3-5-7-14/h3-7,9-10,13H,2,8,11,16H2,1H3. The van der Waals surface area contributed by atoms with Crippen LogP contribution in [0.2, 0.25) is 0 Å². The van der Waals surface area contributed by atoms with E-state index in [1.54, 1.807) is 0 Å². The molecular weight excluding hydrogens is 238 g/mol. The van der Waals surface area contributed by atoms with Gasteiger partial charge < -0.3 is 10.5 Å². The van der Waals surface area contributed by atoms with Gasteiger partial charge in [-0.2, -0.15) is 0 Å². The Labute approximate surface area is 113 Å². The summed E-state index contributed by atoms with van der Waals surface area (Å²) in [5, 5.41) is 0. The van der Waals surface area contributed by atoms with Gasteiger partial charge in [-0.25, -0.2) is 9.97 Å². The third-order valence-corrected chi connectivity index (χ3v) is 2.89. The number of nitrogens with zero attached hydrogens (tertiary/aromatic N) is 2. The SMILES string of the molecule is CCC(N)Cc1cnc(COc2ccccc2)nc1. The van der Waals surface area contributed by atoms with Gasteiger partial charge in [0.1, 0.15) is 12.4 Å². The largest absolute Gasteiger partial charge is 0.486 e. The van der Waals surface area contributed by atoms with Crippen molar-refractivity contribution in [1.29, 1.82) is 0 Å². The van der Waals surface area contributed by atoms with Crippen LogP contribution in [-0.2, 0) is 13.0 Å². The van der Waals surface area contributed by atoms with Gasteiger partial charge in [-0.3, -0.25) is 0 Å². The topological polar surface area (TPSA) is 61.0 Å². The number of benzene rings is 1. The number of hydrogen-bond donors (Lipinski definition) is 1. The Morgan fingerprint density at radius 2 is 1.84 bits per heavy atom. The zero-order chi connectivity index (χ0) is 13.5. The van der Waals surface area contributed by atoms with Gasteiger partial charge >= 0.3 is 0 Å². The molecule has 0 spiro atoms. The van der Waals surface area contributed by atoms with E-state index < -0.39 is 0 Å². The molecule has 0 fully saturated rings. The minimum atomic E-state index is 0.176. The highest BCUT2D eigenvalue weighted by Gasteiger charge is 2.03. The summed E-state index contributed by atoms with van der Waals surface area (Å²) >= 11 is 0. The van der Waals surface area contributed by atoms with Crippen molar-refractivity contribution in [3.63, 3.8) is 0 Å². The second-order valence-electron chi connectivity index (χ2n) is 4.48. The number of rotatable bonds is 6. The molecule has 100 valence electrons.